The molecule has 0 amide bonds. The molecule has 1 aliphatic heterocycles. The van der Waals surface area contributed by atoms with Gasteiger partial charge >= 0.3 is 5.97 Å². The minimum Gasteiger partial charge on any atom is -0.475 e. The lowest BCUT2D eigenvalue weighted by molar-refractivity contribution is 0.0660. The summed E-state index contributed by atoms with van der Waals surface area (Å²) in [5.41, 5.74) is 0.821. The van der Waals surface area contributed by atoms with Crippen molar-refractivity contribution < 1.29 is 22.7 Å². The maximum atomic E-state index is 12.0. The summed E-state index contributed by atoms with van der Waals surface area (Å²) in [6.45, 7) is 5.69. The highest BCUT2D eigenvalue weighted by atomic mass is 32.2. The molecule has 2 N–H and O–H groups in total. The number of hydrogen-bond donors (Lipinski definition) is 2. The molecule has 1 aliphatic rings. The Morgan fingerprint density at radius 1 is 1.50 bits per heavy atom. The quantitative estimate of drug-likeness (QED) is 0.775. The SMILES string of the molecule is CCNS(=O)(=O)C1CCN(Cc2cc(C(=O)O)oc2CC)C1. The number of furan rings is 1. The highest BCUT2D eigenvalue weighted by molar-refractivity contribution is 7.90. The van der Waals surface area contributed by atoms with Gasteiger partial charge in [0.1, 0.15) is 5.76 Å². The van der Waals surface area contributed by atoms with Crippen molar-refractivity contribution in [1.29, 1.82) is 0 Å². The van der Waals surface area contributed by atoms with Gasteiger partial charge in [0.2, 0.25) is 15.8 Å². The average molecular weight is 330 g/mol. The Kier molecular flexibility index (Phi) is 5.25. The molecule has 1 aromatic heterocycles. The van der Waals surface area contributed by atoms with Gasteiger partial charge in [0.15, 0.2) is 0 Å². The molecular formula is C14H22N2O5S. The largest absolute Gasteiger partial charge is 0.475 e. The number of likely N-dealkylation sites (tertiary alicyclic amines) is 1. The topological polar surface area (TPSA) is 99.9 Å². The van der Waals surface area contributed by atoms with Crippen molar-refractivity contribution in [1.82, 2.24) is 9.62 Å². The minimum atomic E-state index is -3.27. The number of nitrogens with one attached hydrogen (secondary N) is 1. The summed E-state index contributed by atoms with van der Waals surface area (Å²) in [6.07, 6.45) is 1.19. The molecule has 1 saturated heterocycles. The van der Waals surface area contributed by atoms with Crippen LogP contribution in [0.3, 0.4) is 0 Å². The number of carboxylic acid groups (broad SMARTS) is 1. The van der Waals surface area contributed by atoms with E-state index in [1.807, 2.05) is 11.8 Å². The molecule has 7 nitrogen and oxygen atoms in total. The summed E-state index contributed by atoms with van der Waals surface area (Å²) < 4.78 is 31.9. The van der Waals surface area contributed by atoms with E-state index in [0.29, 0.717) is 44.8 Å². The van der Waals surface area contributed by atoms with Crippen LogP contribution in [0.5, 0.6) is 0 Å². The normalized spacial score (nSPS) is 19.6. The lowest BCUT2D eigenvalue weighted by Gasteiger charge is -2.16. The van der Waals surface area contributed by atoms with Gasteiger partial charge < -0.3 is 9.52 Å². The third-order valence-electron chi connectivity index (χ3n) is 3.84. The molecule has 1 fully saturated rings. The van der Waals surface area contributed by atoms with E-state index in [0.717, 1.165) is 5.56 Å². The number of rotatable bonds is 7. The van der Waals surface area contributed by atoms with Crippen LogP contribution in [0, 0.1) is 0 Å². The fourth-order valence-corrected chi connectivity index (χ4v) is 4.22. The molecule has 1 unspecified atom stereocenters. The molecule has 124 valence electrons. The predicted octanol–water partition coefficient (Wildman–Crippen LogP) is 1.05. The average Bonchev–Trinajstić information content (AvgIpc) is 3.06. The van der Waals surface area contributed by atoms with Gasteiger partial charge in [-0.05, 0) is 19.0 Å². The van der Waals surface area contributed by atoms with Crippen LogP contribution in [-0.2, 0) is 23.0 Å². The molecule has 0 aromatic carbocycles. The maximum Gasteiger partial charge on any atom is 0.371 e. The van der Waals surface area contributed by atoms with Crippen molar-refractivity contribution >= 4 is 16.0 Å². The summed E-state index contributed by atoms with van der Waals surface area (Å²) >= 11 is 0. The third-order valence-corrected chi connectivity index (χ3v) is 5.79. The molecule has 1 aromatic rings. The first-order valence-electron chi connectivity index (χ1n) is 7.43. The maximum absolute atomic E-state index is 12.0. The monoisotopic (exact) mass is 330 g/mol. The molecule has 0 spiro atoms. The zero-order chi connectivity index (χ0) is 16.3. The van der Waals surface area contributed by atoms with Gasteiger partial charge in [-0.2, -0.15) is 0 Å². The minimum absolute atomic E-state index is 0.0668. The molecular weight excluding hydrogens is 308 g/mol. The summed E-state index contributed by atoms with van der Waals surface area (Å²) in [6, 6.07) is 1.54. The van der Waals surface area contributed by atoms with Crippen LogP contribution in [0.25, 0.3) is 0 Å². The second-order valence-corrected chi connectivity index (χ2v) is 7.45. The van der Waals surface area contributed by atoms with E-state index < -0.39 is 21.2 Å². The highest BCUT2D eigenvalue weighted by Crippen LogP contribution is 2.23. The zero-order valence-electron chi connectivity index (χ0n) is 12.8. The number of sulfonamides is 1. The van der Waals surface area contributed by atoms with Crippen molar-refractivity contribution in [2.45, 2.75) is 38.5 Å². The fourth-order valence-electron chi connectivity index (χ4n) is 2.76. The zero-order valence-corrected chi connectivity index (χ0v) is 13.6. The molecule has 8 heteroatoms. The van der Waals surface area contributed by atoms with Crippen LogP contribution in [-0.4, -0.2) is 49.3 Å². The van der Waals surface area contributed by atoms with Crippen LogP contribution < -0.4 is 4.72 Å². The first kappa shape index (κ1) is 17.0. The molecule has 0 saturated carbocycles. The van der Waals surface area contributed by atoms with E-state index in [1.165, 1.54) is 6.07 Å². The van der Waals surface area contributed by atoms with Gasteiger partial charge in [0.05, 0.1) is 5.25 Å². The third kappa shape index (κ3) is 3.68. The lowest BCUT2D eigenvalue weighted by Crippen LogP contribution is -2.36. The van der Waals surface area contributed by atoms with Crippen LogP contribution in [0.2, 0.25) is 0 Å². The molecule has 2 heterocycles. The molecule has 0 bridgehead atoms. The Hall–Kier alpha value is -1.38. The number of carboxylic acids is 1. The van der Waals surface area contributed by atoms with E-state index in [1.54, 1.807) is 6.92 Å². The first-order valence-corrected chi connectivity index (χ1v) is 8.97. The van der Waals surface area contributed by atoms with Gasteiger partial charge in [-0.3, -0.25) is 4.90 Å². The second-order valence-electron chi connectivity index (χ2n) is 5.41. The number of nitrogens with zero attached hydrogens (tertiary/aromatic N) is 1. The van der Waals surface area contributed by atoms with Gasteiger partial charge in [0.25, 0.3) is 0 Å². The lowest BCUT2D eigenvalue weighted by atomic mass is 10.2. The van der Waals surface area contributed by atoms with Gasteiger partial charge in [-0.15, -0.1) is 0 Å². The Morgan fingerprint density at radius 2 is 2.23 bits per heavy atom. The van der Waals surface area contributed by atoms with Crippen LogP contribution in [0.1, 0.15) is 42.1 Å². The molecule has 0 aliphatic carbocycles. The number of aryl methyl sites for hydroxylation is 1. The van der Waals surface area contributed by atoms with Crippen LogP contribution in [0.15, 0.2) is 10.5 Å². The van der Waals surface area contributed by atoms with Crippen molar-refractivity contribution in [2.75, 3.05) is 19.6 Å². The Bertz CT molecular complexity index is 638. The van der Waals surface area contributed by atoms with Crippen LogP contribution >= 0.6 is 0 Å². The summed E-state index contributed by atoms with van der Waals surface area (Å²) in [7, 11) is -3.27. The van der Waals surface area contributed by atoms with E-state index in [4.69, 9.17) is 9.52 Å². The second kappa shape index (κ2) is 6.80. The van der Waals surface area contributed by atoms with E-state index in [-0.39, 0.29) is 5.76 Å². The summed E-state index contributed by atoms with van der Waals surface area (Å²) in [4.78, 5) is 13.0. The van der Waals surface area contributed by atoms with E-state index in [9.17, 15) is 13.2 Å². The molecule has 0 radical (unpaired) electrons. The predicted molar refractivity (Wildman–Crippen MR) is 81.3 cm³/mol. The Labute approximate surface area is 130 Å². The Morgan fingerprint density at radius 3 is 2.82 bits per heavy atom. The van der Waals surface area contributed by atoms with Crippen molar-refractivity contribution in [3.8, 4) is 0 Å². The summed E-state index contributed by atoms with van der Waals surface area (Å²) in [5.74, 6) is -0.506. The smallest absolute Gasteiger partial charge is 0.371 e. The van der Waals surface area contributed by atoms with Gasteiger partial charge in [-0.1, -0.05) is 13.8 Å². The molecule has 1 atom stereocenters. The molecule has 2 rings (SSSR count). The fraction of sp³-hybridized carbons (Fsp3) is 0.643. The van der Waals surface area contributed by atoms with Gasteiger partial charge in [0, 0.05) is 31.6 Å². The number of aromatic carboxylic acids is 1. The van der Waals surface area contributed by atoms with Crippen molar-refractivity contribution in [3.05, 3.63) is 23.2 Å². The van der Waals surface area contributed by atoms with Gasteiger partial charge in [-0.25, -0.2) is 17.9 Å². The van der Waals surface area contributed by atoms with E-state index >= 15 is 0 Å². The number of hydrogen-bond acceptors (Lipinski definition) is 5. The molecule has 22 heavy (non-hydrogen) atoms. The Balaban J connectivity index is 2.05. The standard InChI is InChI=1S/C14H22N2O5S/c1-3-12-10(7-13(21-12)14(17)18)8-16-6-5-11(9-16)22(19,20)15-4-2/h7,11,15H,3-6,8-9H2,1-2H3,(H,17,18). The highest BCUT2D eigenvalue weighted by Gasteiger charge is 2.33. The van der Waals surface area contributed by atoms with E-state index in [2.05, 4.69) is 4.72 Å². The first-order chi connectivity index (χ1) is 10.4. The number of carbonyl (C=O) groups is 1. The van der Waals surface area contributed by atoms with Crippen molar-refractivity contribution in [3.63, 3.8) is 0 Å². The summed E-state index contributed by atoms with van der Waals surface area (Å²) in [5, 5.41) is 8.58. The van der Waals surface area contributed by atoms with Crippen molar-refractivity contribution in [2.24, 2.45) is 0 Å². The van der Waals surface area contributed by atoms with Crippen LogP contribution in [0.4, 0.5) is 0 Å².